The van der Waals surface area contributed by atoms with Gasteiger partial charge in [-0.25, -0.2) is 0 Å². The molecule has 24 heavy (non-hydrogen) atoms. The average Bonchev–Trinajstić information content (AvgIpc) is 3.35. The quantitative estimate of drug-likeness (QED) is 0.751. The fraction of sp³-hybridized carbons (Fsp3) is 0.579. The number of rotatable bonds is 6. The van der Waals surface area contributed by atoms with Crippen molar-refractivity contribution in [3.05, 3.63) is 29.8 Å². The molecule has 2 fully saturated rings. The molecule has 1 aromatic rings. The molecule has 0 aromatic heterocycles. The molecule has 0 radical (unpaired) electrons. The van der Waals surface area contributed by atoms with Gasteiger partial charge in [0, 0.05) is 38.6 Å². The summed E-state index contributed by atoms with van der Waals surface area (Å²) < 4.78 is 5.71. The lowest BCUT2D eigenvalue weighted by Crippen LogP contribution is -2.49. The molecule has 1 saturated heterocycles. The predicted molar refractivity (Wildman–Crippen MR) is 91.6 cm³/mol. The summed E-state index contributed by atoms with van der Waals surface area (Å²) in [6.45, 7) is 7.41. The third-order valence-corrected chi connectivity index (χ3v) is 4.96. The van der Waals surface area contributed by atoms with Gasteiger partial charge in [0.05, 0.1) is 18.2 Å². The molecule has 1 heterocycles. The lowest BCUT2D eigenvalue weighted by atomic mass is 10.2. The fourth-order valence-electron chi connectivity index (χ4n) is 3.23. The zero-order chi connectivity index (χ0) is 16.9. The highest BCUT2D eigenvalue weighted by Gasteiger charge is 2.41. The number of piperazine rings is 1. The average molecular weight is 327 g/mol. The highest BCUT2D eigenvalue weighted by Crippen LogP contribution is 2.39. The van der Waals surface area contributed by atoms with Gasteiger partial charge in [-0.1, -0.05) is 13.0 Å². The first-order valence-electron chi connectivity index (χ1n) is 8.81. The van der Waals surface area contributed by atoms with Crippen molar-refractivity contribution in [1.82, 2.24) is 9.80 Å². The molecule has 128 valence electrons. The second-order valence-electron chi connectivity index (χ2n) is 6.83. The van der Waals surface area contributed by atoms with Crippen molar-refractivity contribution >= 4 is 5.91 Å². The van der Waals surface area contributed by atoms with Gasteiger partial charge in [0.15, 0.2) is 0 Å². The minimum Gasteiger partial charge on any atom is -0.494 e. The monoisotopic (exact) mass is 327 g/mol. The Morgan fingerprint density at radius 3 is 2.75 bits per heavy atom. The number of nitrogens with zero attached hydrogens (tertiary/aromatic N) is 3. The van der Waals surface area contributed by atoms with Crippen LogP contribution in [0.4, 0.5) is 0 Å². The highest BCUT2D eigenvalue weighted by atomic mass is 16.5. The van der Waals surface area contributed by atoms with Crippen LogP contribution in [0.25, 0.3) is 0 Å². The Bertz CT molecular complexity index is 617. The second-order valence-corrected chi connectivity index (χ2v) is 6.83. The molecule has 1 amide bonds. The van der Waals surface area contributed by atoms with Gasteiger partial charge in [0.1, 0.15) is 5.75 Å². The van der Waals surface area contributed by atoms with E-state index in [1.165, 1.54) is 0 Å². The first kappa shape index (κ1) is 16.8. The van der Waals surface area contributed by atoms with Crippen LogP contribution in [0.2, 0.25) is 0 Å². The summed E-state index contributed by atoms with van der Waals surface area (Å²) in [7, 11) is 0. The van der Waals surface area contributed by atoms with Crippen molar-refractivity contribution in [2.45, 2.75) is 19.8 Å². The van der Waals surface area contributed by atoms with Crippen LogP contribution in [0.15, 0.2) is 24.3 Å². The van der Waals surface area contributed by atoms with E-state index in [9.17, 15) is 4.79 Å². The van der Waals surface area contributed by atoms with E-state index in [0.29, 0.717) is 29.9 Å². The molecule has 2 aliphatic rings. The van der Waals surface area contributed by atoms with Gasteiger partial charge < -0.3 is 9.64 Å². The summed E-state index contributed by atoms with van der Waals surface area (Å²) in [6, 6.07) is 9.38. The van der Waals surface area contributed by atoms with Crippen LogP contribution < -0.4 is 4.74 Å². The maximum Gasteiger partial charge on any atom is 0.226 e. The number of carbonyl (C=O) groups excluding carboxylic acids is 1. The molecular formula is C19H25N3O2. The first-order chi connectivity index (χ1) is 11.7. The molecule has 1 aliphatic carbocycles. The van der Waals surface area contributed by atoms with Crippen LogP contribution in [0.3, 0.4) is 0 Å². The fourth-order valence-corrected chi connectivity index (χ4v) is 3.23. The van der Waals surface area contributed by atoms with E-state index in [-0.39, 0.29) is 0 Å². The van der Waals surface area contributed by atoms with Crippen molar-refractivity contribution in [1.29, 1.82) is 5.26 Å². The van der Waals surface area contributed by atoms with Crippen molar-refractivity contribution in [2.24, 2.45) is 11.8 Å². The molecule has 0 N–H and O–H groups in total. The standard InChI is InChI=1S/C19H25N3O2/c1-15-12-18(15)19(23)22-9-7-21(8-10-22)6-3-11-24-17-5-2-4-16(13-17)14-20/h2,4-5,13,15,18H,3,6-12H2,1H3. The molecule has 5 heteroatoms. The van der Waals surface area contributed by atoms with E-state index in [2.05, 4.69) is 17.9 Å². The summed E-state index contributed by atoms with van der Waals surface area (Å²) in [5.74, 6) is 2.01. The molecule has 0 spiro atoms. The van der Waals surface area contributed by atoms with Crippen LogP contribution in [-0.4, -0.2) is 55.0 Å². The summed E-state index contributed by atoms with van der Waals surface area (Å²) in [4.78, 5) is 16.6. The maximum atomic E-state index is 12.2. The molecule has 3 rings (SSSR count). The molecule has 2 atom stereocenters. The molecule has 2 unspecified atom stereocenters. The smallest absolute Gasteiger partial charge is 0.226 e. The van der Waals surface area contributed by atoms with Gasteiger partial charge in [-0.3, -0.25) is 9.69 Å². The third-order valence-electron chi connectivity index (χ3n) is 4.96. The Morgan fingerprint density at radius 1 is 1.33 bits per heavy atom. The van der Waals surface area contributed by atoms with Crippen molar-refractivity contribution < 1.29 is 9.53 Å². The highest BCUT2D eigenvalue weighted by molar-refractivity contribution is 5.81. The van der Waals surface area contributed by atoms with E-state index in [1.807, 2.05) is 17.0 Å². The van der Waals surface area contributed by atoms with Crippen molar-refractivity contribution in [2.75, 3.05) is 39.3 Å². The third kappa shape index (κ3) is 4.27. The number of nitriles is 1. The number of hydrogen-bond donors (Lipinski definition) is 0. The predicted octanol–water partition coefficient (Wildman–Crippen LogP) is 2.13. The molecule has 1 aliphatic heterocycles. The Morgan fingerprint density at radius 2 is 2.08 bits per heavy atom. The van der Waals surface area contributed by atoms with Gasteiger partial charge in [0.2, 0.25) is 5.91 Å². The van der Waals surface area contributed by atoms with Crippen LogP contribution in [-0.2, 0) is 4.79 Å². The van der Waals surface area contributed by atoms with Crippen LogP contribution in [0, 0.1) is 23.2 Å². The lowest BCUT2D eigenvalue weighted by molar-refractivity contribution is -0.134. The Kier molecular flexibility index (Phi) is 5.37. The summed E-state index contributed by atoms with van der Waals surface area (Å²) >= 11 is 0. The lowest BCUT2D eigenvalue weighted by Gasteiger charge is -2.35. The van der Waals surface area contributed by atoms with Crippen molar-refractivity contribution in [3.8, 4) is 11.8 Å². The zero-order valence-electron chi connectivity index (χ0n) is 14.3. The largest absolute Gasteiger partial charge is 0.494 e. The zero-order valence-corrected chi connectivity index (χ0v) is 14.3. The summed E-state index contributed by atoms with van der Waals surface area (Å²) in [5.41, 5.74) is 0.623. The Hall–Kier alpha value is -2.06. The van der Waals surface area contributed by atoms with Crippen LogP contribution >= 0.6 is 0 Å². The van der Waals surface area contributed by atoms with Crippen molar-refractivity contribution in [3.63, 3.8) is 0 Å². The molecular weight excluding hydrogens is 302 g/mol. The van der Waals surface area contributed by atoms with Crippen LogP contribution in [0.1, 0.15) is 25.3 Å². The first-order valence-corrected chi connectivity index (χ1v) is 8.81. The van der Waals surface area contributed by atoms with E-state index in [4.69, 9.17) is 10.00 Å². The summed E-state index contributed by atoms with van der Waals surface area (Å²) in [6.07, 6.45) is 2.02. The minimum atomic E-state index is 0.300. The van der Waals surface area contributed by atoms with Gasteiger partial charge >= 0.3 is 0 Å². The topological polar surface area (TPSA) is 56.6 Å². The van der Waals surface area contributed by atoms with E-state index >= 15 is 0 Å². The maximum absolute atomic E-state index is 12.2. The number of carbonyl (C=O) groups is 1. The number of hydrogen-bond acceptors (Lipinski definition) is 4. The molecule has 1 saturated carbocycles. The molecule has 5 nitrogen and oxygen atoms in total. The summed E-state index contributed by atoms with van der Waals surface area (Å²) in [5, 5.41) is 8.88. The second kappa shape index (κ2) is 7.67. The van der Waals surface area contributed by atoms with Gasteiger partial charge in [-0.05, 0) is 37.0 Å². The Balaban J connectivity index is 1.32. The molecule has 1 aromatic carbocycles. The SMILES string of the molecule is CC1CC1C(=O)N1CCN(CCCOc2cccc(C#N)c2)CC1. The number of benzene rings is 1. The van der Waals surface area contributed by atoms with Crippen LogP contribution in [0.5, 0.6) is 5.75 Å². The Labute approximate surface area is 143 Å². The van der Waals surface area contributed by atoms with Gasteiger partial charge in [-0.2, -0.15) is 5.26 Å². The van der Waals surface area contributed by atoms with Gasteiger partial charge in [0.25, 0.3) is 0 Å². The van der Waals surface area contributed by atoms with E-state index in [0.717, 1.165) is 51.3 Å². The van der Waals surface area contributed by atoms with Gasteiger partial charge in [-0.15, -0.1) is 0 Å². The van der Waals surface area contributed by atoms with E-state index in [1.54, 1.807) is 12.1 Å². The normalized spacial score (nSPS) is 23.6. The number of amides is 1. The molecule has 0 bridgehead atoms. The van der Waals surface area contributed by atoms with E-state index < -0.39 is 0 Å². The number of ether oxygens (including phenoxy) is 1. The minimum absolute atomic E-state index is 0.300.